The van der Waals surface area contributed by atoms with Crippen molar-refractivity contribution in [3.8, 4) is 0 Å². The van der Waals surface area contributed by atoms with Crippen LogP contribution in [0.2, 0.25) is 0 Å². The van der Waals surface area contributed by atoms with Crippen LogP contribution in [0.3, 0.4) is 0 Å². The summed E-state index contributed by atoms with van der Waals surface area (Å²) in [5, 5.41) is 9.45. The summed E-state index contributed by atoms with van der Waals surface area (Å²) >= 11 is 0. The van der Waals surface area contributed by atoms with E-state index in [2.05, 4.69) is 18.7 Å². The first-order chi connectivity index (χ1) is 5.61. The third-order valence-corrected chi connectivity index (χ3v) is 2.90. The second kappa shape index (κ2) is 4.24. The molecule has 0 amide bonds. The molecule has 1 aliphatic rings. The van der Waals surface area contributed by atoms with Crippen molar-refractivity contribution in [3.63, 3.8) is 0 Å². The van der Waals surface area contributed by atoms with Gasteiger partial charge in [-0.25, -0.2) is 0 Å². The highest BCUT2D eigenvalue weighted by molar-refractivity contribution is 4.77. The van der Waals surface area contributed by atoms with Crippen molar-refractivity contribution in [1.29, 1.82) is 0 Å². The smallest absolute Gasteiger partial charge is 0.0552 e. The van der Waals surface area contributed by atoms with Crippen LogP contribution in [-0.2, 0) is 0 Å². The number of aliphatic hydroxyl groups excluding tert-OH is 1. The van der Waals surface area contributed by atoms with Crippen LogP contribution in [0.25, 0.3) is 0 Å². The number of rotatable bonds is 2. The lowest BCUT2D eigenvalue weighted by atomic mass is 9.93. The van der Waals surface area contributed by atoms with Gasteiger partial charge in [0, 0.05) is 12.6 Å². The van der Waals surface area contributed by atoms with Crippen molar-refractivity contribution < 1.29 is 5.11 Å². The first kappa shape index (κ1) is 10.0. The Morgan fingerprint density at radius 1 is 1.33 bits per heavy atom. The zero-order valence-electron chi connectivity index (χ0n) is 8.45. The number of hydrogen-bond acceptors (Lipinski definition) is 2. The van der Waals surface area contributed by atoms with E-state index >= 15 is 0 Å². The average Bonchev–Trinajstić information content (AvgIpc) is 2.04. The number of nitrogens with zero attached hydrogens (tertiary/aromatic N) is 1. The second-order valence-corrected chi connectivity index (χ2v) is 4.23. The molecule has 1 N–H and O–H groups in total. The fraction of sp³-hybridized carbons (Fsp3) is 1.00. The Balaban J connectivity index is 2.40. The number of piperidine rings is 1. The minimum atomic E-state index is -0.133. The molecule has 72 valence electrons. The number of likely N-dealkylation sites (tertiary alicyclic amines) is 1. The van der Waals surface area contributed by atoms with E-state index in [1.807, 2.05) is 6.92 Å². The SMILES string of the molecule is CC(C)N1CCC[C@@H]([C@@H](C)O)C1. The molecule has 2 heteroatoms. The Hall–Kier alpha value is -0.0800. The molecule has 12 heavy (non-hydrogen) atoms. The van der Waals surface area contributed by atoms with Crippen LogP contribution in [0.5, 0.6) is 0 Å². The fourth-order valence-corrected chi connectivity index (χ4v) is 1.90. The van der Waals surface area contributed by atoms with E-state index in [0.717, 1.165) is 6.54 Å². The van der Waals surface area contributed by atoms with Gasteiger partial charge in [0.1, 0.15) is 0 Å². The van der Waals surface area contributed by atoms with E-state index in [-0.39, 0.29) is 6.10 Å². The Labute approximate surface area is 75.6 Å². The van der Waals surface area contributed by atoms with Crippen molar-refractivity contribution in [2.75, 3.05) is 13.1 Å². The summed E-state index contributed by atoms with van der Waals surface area (Å²) < 4.78 is 0. The van der Waals surface area contributed by atoms with Gasteiger partial charge in [-0.05, 0) is 46.1 Å². The summed E-state index contributed by atoms with van der Waals surface area (Å²) in [6, 6.07) is 0.631. The van der Waals surface area contributed by atoms with E-state index in [4.69, 9.17) is 0 Å². The van der Waals surface area contributed by atoms with Crippen LogP contribution < -0.4 is 0 Å². The third kappa shape index (κ3) is 2.46. The molecule has 0 aromatic rings. The van der Waals surface area contributed by atoms with Gasteiger partial charge in [0.05, 0.1) is 6.10 Å². The van der Waals surface area contributed by atoms with Gasteiger partial charge in [-0.2, -0.15) is 0 Å². The Morgan fingerprint density at radius 2 is 2.00 bits per heavy atom. The van der Waals surface area contributed by atoms with Crippen LogP contribution in [-0.4, -0.2) is 35.2 Å². The average molecular weight is 171 g/mol. The van der Waals surface area contributed by atoms with Crippen LogP contribution in [0.15, 0.2) is 0 Å². The zero-order chi connectivity index (χ0) is 9.14. The van der Waals surface area contributed by atoms with Crippen LogP contribution >= 0.6 is 0 Å². The number of aliphatic hydroxyl groups is 1. The highest BCUT2D eigenvalue weighted by Gasteiger charge is 2.24. The Bertz CT molecular complexity index is 120. The maximum atomic E-state index is 9.45. The maximum absolute atomic E-state index is 9.45. The molecular formula is C10H21NO. The molecule has 1 rings (SSSR count). The summed E-state index contributed by atoms with van der Waals surface area (Å²) in [4.78, 5) is 2.46. The minimum absolute atomic E-state index is 0.133. The molecule has 1 aliphatic heterocycles. The molecule has 2 nitrogen and oxygen atoms in total. The Kier molecular flexibility index (Phi) is 3.53. The molecule has 1 saturated heterocycles. The summed E-state index contributed by atoms with van der Waals surface area (Å²) in [5.41, 5.74) is 0. The molecule has 0 aromatic carbocycles. The molecule has 0 radical (unpaired) electrons. The quantitative estimate of drug-likeness (QED) is 0.680. The van der Waals surface area contributed by atoms with Gasteiger partial charge in [-0.15, -0.1) is 0 Å². The predicted octanol–water partition coefficient (Wildman–Crippen LogP) is 1.49. The highest BCUT2D eigenvalue weighted by atomic mass is 16.3. The van der Waals surface area contributed by atoms with Crippen molar-refractivity contribution in [1.82, 2.24) is 4.90 Å². The third-order valence-electron chi connectivity index (χ3n) is 2.90. The lowest BCUT2D eigenvalue weighted by Crippen LogP contribution is -2.42. The Morgan fingerprint density at radius 3 is 2.50 bits per heavy atom. The second-order valence-electron chi connectivity index (χ2n) is 4.23. The molecule has 2 atom stereocenters. The predicted molar refractivity (Wildman–Crippen MR) is 51.1 cm³/mol. The molecule has 0 aliphatic carbocycles. The van der Waals surface area contributed by atoms with Gasteiger partial charge in [0.25, 0.3) is 0 Å². The highest BCUT2D eigenvalue weighted by Crippen LogP contribution is 2.20. The van der Waals surface area contributed by atoms with Crippen molar-refractivity contribution >= 4 is 0 Å². The van der Waals surface area contributed by atoms with E-state index < -0.39 is 0 Å². The summed E-state index contributed by atoms with van der Waals surface area (Å²) in [5.74, 6) is 0.501. The van der Waals surface area contributed by atoms with Crippen molar-refractivity contribution in [2.45, 2.75) is 45.8 Å². The molecule has 0 aromatic heterocycles. The van der Waals surface area contributed by atoms with E-state index in [1.165, 1.54) is 19.4 Å². The van der Waals surface area contributed by atoms with E-state index in [9.17, 15) is 5.11 Å². The van der Waals surface area contributed by atoms with Crippen LogP contribution in [0.4, 0.5) is 0 Å². The molecule has 0 unspecified atom stereocenters. The molecule has 1 heterocycles. The largest absolute Gasteiger partial charge is 0.393 e. The lowest BCUT2D eigenvalue weighted by molar-refractivity contribution is 0.0507. The van der Waals surface area contributed by atoms with Gasteiger partial charge in [0.2, 0.25) is 0 Å². The number of hydrogen-bond donors (Lipinski definition) is 1. The molecule has 0 bridgehead atoms. The normalized spacial score (nSPS) is 29.2. The fourth-order valence-electron chi connectivity index (χ4n) is 1.90. The summed E-state index contributed by atoms with van der Waals surface area (Å²) in [6.07, 6.45) is 2.31. The van der Waals surface area contributed by atoms with E-state index in [0.29, 0.717) is 12.0 Å². The van der Waals surface area contributed by atoms with E-state index in [1.54, 1.807) is 0 Å². The van der Waals surface area contributed by atoms with Crippen LogP contribution in [0.1, 0.15) is 33.6 Å². The molecular weight excluding hydrogens is 150 g/mol. The topological polar surface area (TPSA) is 23.5 Å². The van der Waals surface area contributed by atoms with Crippen molar-refractivity contribution in [2.24, 2.45) is 5.92 Å². The first-order valence-corrected chi connectivity index (χ1v) is 5.03. The zero-order valence-corrected chi connectivity index (χ0v) is 8.45. The summed E-state index contributed by atoms with van der Waals surface area (Å²) in [6.45, 7) is 8.65. The van der Waals surface area contributed by atoms with Crippen molar-refractivity contribution in [3.05, 3.63) is 0 Å². The summed E-state index contributed by atoms with van der Waals surface area (Å²) in [7, 11) is 0. The van der Waals surface area contributed by atoms with Gasteiger partial charge < -0.3 is 10.0 Å². The monoisotopic (exact) mass is 171 g/mol. The van der Waals surface area contributed by atoms with Gasteiger partial charge >= 0.3 is 0 Å². The van der Waals surface area contributed by atoms with Gasteiger partial charge in [-0.1, -0.05) is 0 Å². The molecule has 1 fully saturated rings. The molecule has 0 saturated carbocycles. The minimum Gasteiger partial charge on any atom is -0.393 e. The van der Waals surface area contributed by atoms with Gasteiger partial charge in [0.15, 0.2) is 0 Å². The molecule has 0 spiro atoms. The first-order valence-electron chi connectivity index (χ1n) is 5.03. The maximum Gasteiger partial charge on any atom is 0.0552 e. The standard InChI is InChI=1S/C10H21NO/c1-8(2)11-6-4-5-10(7-11)9(3)12/h8-10,12H,4-7H2,1-3H3/t9-,10-/m1/s1. The van der Waals surface area contributed by atoms with Gasteiger partial charge in [-0.3, -0.25) is 0 Å². The van der Waals surface area contributed by atoms with Crippen LogP contribution in [0, 0.1) is 5.92 Å². The lowest BCUT2D eigenvalue weighted by Gasteiger charge is -2.36.